The number of hydrogen-bond acceptors (Lipinski definition) is 5. The van der Waals surface area contributed by atoms with Crippen LogP contribution in [-0.4, -0.2) is 61.1 Å². The number of alkyl halides is 3. The molecule has 33 heavy (non-hydrogen) atoms. The molecule has 0 bridgehead atoms. The number of halogens is 4. The highest BCUT2D eigenvalue weighted by Gasteiger charge is 2.43. The highest BCUT2D eigenvalue weighted by Crippen LogP contribution is 2.34. The summed E-state index contributed by atoms with van der Waals surface area (Å²) in [5.74, 6) is 0.843. The number of benzene rings is 1. The first kappa shape index (κ1) is 25.2. The van der Waals surface area contributed by atoms with Gasteiger partial charge in [0, 0.05) is 37.8 Å². The van der Waals surface area contributed by atoms with Gasteiger partial charge in [-0.25, -0.2) is 9.37 Å². The number of pyridine rings is 1. The fraction of sp³-hybridized carbons (Fsp3) is 0.542. The summed E-state index contributed by atoms with van der Waals surface area (Å²) in [5, 5.41) is 2.38. The topological polar surface area (TPSA) is 46.6 Å². The van der Waals surface area contributed by atoms with Crippen LogP contribution < -0.4 is 10.1 Å². The molecule has 5 nitrogen and oxygen atoms in total. The third-order valence-electron chi connectivity index (χ3n) is 5.88. The average Bonchev–Trinajstić information content (AvgIpc) is 3.28. The van der Waals surface area contributed by atoms with E-state index in [0.717, 1.165) is 43.9 Å². The van der Waals surface area contributed by atoms with Crippen molar-refractivity contribution < 1.29 is 27.0 Å². The number of hydrogen-bond donors (Lipinski definition) is 1. The molecule has 0 spiro atoms. The zero-order chi connectivity index (χ0) is 24.0. The molecule has 2 unspecified atom stereocenters. The molecule has 0 aliphatic carbocycles. The van der Waals surface area contributed by atoms with Gasteiger partial charge in [-0.1, -0.05) is 19.9 Å². The van der Waals surface area contributed by atoms with Gasteiger partial charge in [-0.3, -0.25) is 4.90 Å². The molecular formula is C24H31F4N3O2. The second-order valence-electron chi connectivity index (χ2n) is 7.97. The largest absolute Gasteiger partial charge is 0.492 e. The lowest BCUT2D eigenvalue weighted by Gasteiger charge is -2.37. The summed E-state index contributed by atoms with van der Waals surface area (Å²) < 4.78 is 61.1. The van der Waals surface area contributed by atoms with Crippen LogP contribution in [-0.2, 0) is 17.6 Å². The Labute approximate surface area is 192 Å². The number of fused-ring (bicyclic) bond motifs is 2. The van der Waals surface area contributed by atoms with E-state index in [1.165, 1.54) is 18.3 Å². The molecule has 9 heteroatoms. The third-order valence-corrected chi connectivity index (χ3v) is 5.88. The van der Waals surface area contributed by atoms with Gasteiger partial charge in [0.2, 0.25) is 0 Å². The molecule has 5 rings (SSSR count). The molecule has 1 aromatic heterocycles. The van der Waals surface area contributed by atoms with Crippen molar-refractivity contribution in [2.75, 3.05) is 38.2 Å². The number of aromatic nitrogens is 1. The van der Waals surface area contributed by atoms with Crippen molar-refractivity contribution in [2.45, 2.75) is 51.9 Å². The maximum atomic E-state index is 13.0. The zero-order valence-electron chi connectivity index (χ0n) is 19.2. The summed E-state index contributed by atoms with van der Waals surface area (Å²) in [7, 11) is 0. The average molecular weight is 470 g/mol. The molecule has 182 valence electrons. The van der Waals surface area contributed by atoms with Crippen molar-refractivity contribution in [1.29, 1.82) is 0 Å². The van der Waals surface area contributed by atoms with Crippen LogP contribution in [0.3, 0.4) is 0 Å². The molecule has 2 atom stereocenters. The Morgan fingerprint density at radius 3 is 2.48 bits per heavy atom. The van der Waals surface area contributed by atoms with Crippen LogP contribution >= 0.6 is 0 Å². The Morgan fingerprint density at radius 1 is 1.09 bits per heavy atom. The van der Waals surface area contributed by atoms with Gasteiger partial charge in [0.05, 0.1) is 13.2 Å². The number of anilines is 1. The Balaban J connectivity index is 0.000000176. The lowest BCUT2D eigenvalue weighted by atomic mass is 10.0. The van der Waals surface area contributed by atoms with Gasteiger partial charge in [-0.15, -0.1) is 0 Å². The Hall–Kier alpha value is -2.39. The van der Waals surface area contributed by atoms with E-state index in [9.17, 15) is 17.6 Å². The first-order valence-corrected chi connectivity index (χ1v) is 11.3. The van der Waals surface area contributed by atoms with Crippen LogP contribution in [0.1, 0.15) is 30.5 Å². The molecule has 0 radical (unpaired) electrons. The van der Waals surface area contributed by atoms with Gasteiger partial charge < -0.3 is 14.8 Å². The van der Waals surface area contributed by atoms with Gasteiger partial charge in [-0.05, 0) is 42.2 Å². The molecule has 0 saturated carbocycles. The van der Waals surface area contributed by atoms with E-state index in [1.54, 1.807) is 13.0 Å². The van der Waals surface area contributed by atoms with E-state index in [-0.39, 0.29) is 12.2 Å². The normalized spacial score (nSPS) is 21.8. The Kier molecular flexibility index (Phi) is 8.53. The fourth-order valence-electron chi connectivity index (χ4n) is 4.10. The molecule has 4 heterocycles. The first-order chi connectivity index (χ1) is 15.8. The van der Waals surface area contributed by atoms with Crippen LogP contribution in [0.5, 0.6) is 5.75 Å². The second-order valence-corrected chi connectivity index (χ2v) is 7.97. The zero-order valence-corrected chi connectivity index (χ0v) is 19.2. The quantitative estimate of drug-likeness (QED) is 0.610. The van der Waals surface area contributed by atoms with E-state index >= 15 is 0 Å². The Morgan fingerprint density at radius 2 is 1.82 bits per heavy atom. The van der Waals surface area contributed by atoms with Gasteiger partial charge in [0.15, 0.2) is 0 Å². The number of aryl methyl sites for hydroxylation is 1. The maximum absolute atomic E-state index is 13.0. The van der Waals surface area contributed by atoms with Crippen LogP contribution in [0.2, 0.25) is 0 Å². The van der Waals surface area contributed by atoms with Crippen molar-refractivity contribution in [2.24, 2.45) is 0 Å². The maximum Gasteiger partial charge on any atom is 0.408 e. The van der Waals surface area contributed by atoms with Crippen molar-refractivity contribution in [3.8, 4) is 5.75 Å². The number of ether oxygens (including phenoxy) is 2. The van der Waals surface area contributed by atoms with E-state index < -0.39 is 12.2 Å². The van der Waals surface area contributed by atoms with Gasteiger partial charge in [-0.2, -0.15) is 13.2 Å². The molecule has 3 aliphatic heterocycles. The highest BCUT2D eigenvalue weighted by atomic mass is 19.4. The minimum absolute atomic E-state index is 0.0154. The number of morpholine rings is 1. The molecule has 2 aromatic rings. The smallest absolute Gasteiger partial charge is 0.408 e. The summed E-state index contributed by atoms with van der Waals surface area (Å²) in [6.45, 7) is 9.96. The number of rotatable bonds is 1. The summed E-state index contributed by atoms with van der Waals surface area (Å²) in [6.07, 6.45) is -1.76. The summed E-state index contributed by atoms with van der Waals surface area (Å²) in [4.78, 5) is 6.27. The Bertz CT molecular complexity index is 917. The molecule has 0 amide bonds. The molecule has 3 aliphatic rings. The van der Waals surface area contributed by atoms with E-state index in [1.807, 2.05) is 19.9 Å². The van der Waals surface area contributed by atoms with E-state index in [4.69, 9.17) is 9.47 Å². The van der Waals surface area contributed by atoms with Crippen molar-refractivity contribution >= 4 is 5.82 Å². The summed E-state index contributed by atoms with van der Waals surface area (Å²) in [5.41, 5.74) is 2.64. The van der Waals surface area contributed by atoms with Crippen LogP contribution in [0.25, 0.3) is 0 Å². The number of nitrogens with zero attached hydrogens (tertiary/aromatic N) is 2. The van der Waals surface area contributed by atoms with E-state index in [0.29, 0.717) is 29.8 Å². The lowest BCUT2D eigenvalue weighted by molar-refractivity contribution is -0.140. The lowest BCUT2D eigenvalue weighted by Crippen LogP contribution is -2.48. The van der Waals surface area contributed by atoms with Crippen LogP contribution in [0, 0.1) is 12.7 Å². The standard InChI is InChI=1S/C13H16FNO2.C9H9F3N2.C2H6/c14-11-2-1-10-7-12(9-17-13(10)8-11)15-3-5-16-6-4-15;1-5-2-3-13-8-6(5)4-7(14-8)9(10,11)12;1-2/h1-2,8,12H,3-7,9H2;2-3,7H,4H2,1H3,(H,13,14);1-2H3. The summed E-state index contributed by atoms with van der Waals surface area (Å²) in [6, 6.07) is 5.45. The molecule has 1 aromatic carbocycles. The van der Waals surface area contributed by atoms with Crippen molar-refractivity contribution in [3.63, 3.8) is 0 Å². The third kappa shape index (κ3) is 6.35. The molecular weight excluding hydrogens is 438 g/mol. The van der Waals surface area contributed by atoms with Gasteiger partial charge in [0.25, 0.3) is 0 Å². The van der Waals surface area contributed by atoms with Gasteiger partial charge in [0.1, 0.15) is 30.0 Å². The highest BCUT2D eigenvalue weighted by molar-refractivity contribution is 5.54. The summed E-state index contributed by atoms with van der Waals surface area (Å²) >= 11 is 0. The van der Waals surface area contributed by atoms with Crippen LogP contribution in [0.15, 0.2) is 30.5 Å². The van der Waals surface area contributed by atoms with E-state index in [2.05, 4.69) is 15.2 Å². The molecule has 1 fully saturated rings. The molecule has 1 N–H and O–H groups in total. The second kappa shape index (κ2) is 11.2. The monoisotopic (exact) mass is 469 g/mol. The van der Waals surface area contributed by atoms with Gasteiger partial charge >= 0.3 is 6.18 Å². The fourth-order valence-corrected chi connectivity index (χ4v) is 4.10. The van der Waals surface area contributed by atoms with Crippen LogP contribution in [0.4, 0.5) is 23.4 Å². The minimum atomic E-state index is -4.20. The van der Waals surface area contributed by atoms with Crippen molar-refractivity contribution in [1.82, 2.24) is 9.88 Å². The number of nitrogens with one attached hydrogen (secondary N) is 1. The predicted octanol–water partition coefficient (Wildman–Crippen LogP) is 4.78. The SMILES string of the molecule is CC.Cc1ccnc2c1CC(C(F)(F)F)N2.Fc1ccc2c(c1)OCC(N1CCOCC1)C2. The minimum Gasteiger partial charge on any atom is -0.492 e. The molecule has 1 saturated heterocycles. The predicted molar refractivity (Wildman–Crippen MR) is 119 cm³/mol. The first-order valence-electron chi connectivity index (χ1n) is 11.3. The van der Waals surface area contributed by atoms with Crippen molar-refractivity contribution in [3.05, 3.63) is 53.0 Å².